The predicted octanol–water partition coefficient (Wildman–Crippen LogP) is 0.887. The lowest BCUT2D eigenvalue weighted by Gasteiger charge is -2.35. The van der Waals surface area contributed by atoms with E-state index in [1.165, 1.54) is 18.2 Å². The molecule has 0 aliphatic carbocycles. The second kappa shape index (κ2) is 6.40. The number of hydrogen-bond acceptors (Lipinski definition) is 6. The Morgan fingerprint density at radius 3 is 2.45 bits per heavy atom. The Bertz CT molecular complexity index is 512. The fraction of sp³-hybridized carbons (Fsp3) is 0.357. The van der Waals surface area contributed by atoms with Gasteiger partial charge in [-0.3, -0.25) is 4.90 Å². The van der Waals surface area contributed by atoms with E-state index in [0.717, 1.165) is 26.2 Å². The lowest BCUT2D eigenvalue weighted by Crippen LogP contribution is -2.47. The van der Waals surface area contributed by atoms with E-state index in [1.807, 2.05) is 6.07 Å². The first-order valence-corrected chi connectivity index (χ1v) is 6.82. The summed E-state index contributed by atoms with van der Waals surface area (Å²) >= 11 is 0. The van der Waals surface area contributed by atoms with E-state index in [2.05, 4.69) is 54.8 Å². The minimum atomic E-state index is 0.0840. The normalized spacial score (nSPS) is 17.6. The molecule has 6 nitrogen and oxygen atoms in total. The third kappa shape index (κ3) is 3.09. The Hall–Kier alpha value is -2.05. The molecule has 2 heterocycles. The van der Waals surface area contributed by atoms with Crippen LogP contribution in [0.5, 0.6) is 0 Å². The molecule has 0 radical (unpaired) electrons. The number of anilines is 1. The van der Waals surface area contributed by atoms with Gasteiger partial charge in [-0.15, -0.1) is 0 Å². The van der Waals surface area contributed by atoms with Gasteiger partial charge in [0.15, 0.2) is 0 Å². The van der Waals surface area contributed by atoms with Gasteiger partial charge in [-0.1, -0.05) is 30.3 Å². The van der Waals surface area contributed by atoms with Gasteiger partial charge in [0.1, 0.15) is 18.8 Å². The fourth-order valence-corrected chi connectivity index (χ4v) is 2.40. The summed E-state index contributed by atoms with van der Waals surface area (Å²) in [5.41, 5.74) is 1.22. The van der Waals surface area contributed by atoms with Crippen molar-refractivity contribution < 1.29 is 0 Å². The summed E-state index contributed by atoms with van der Waals surface area (Å²) in [6.07, 6.45) is 3.10. The molecule has 3 rings (SSSR count). The summed E-state index contributed by atoms with van der Waals surface area (Å²) in [6.45, 7) is 4.00. The SMILES string of the molecule is c1ccc(C(Nc2ncncn2)N2CCNCC2)cc1. The van der Waals surface area contributed by atoms with Crippen LogP contribution >= 0.6 is 0 Å². The molecule has 0 spiro atoms. The summed E-state index contributed by atoms with van der Waals surface area (Å²) in [5, 5.41) is 6.78. The Balaban J connectivity index is 1.83. The highest BCUT2D eigenvalue weighted by molar-refractivity contribution is 5.30. The second-order valence-electron chi connectivity index (χ2n) is 4.71. The average Bonchev–Trinajstić information content (AvgIpc) is 2.55. The van der Waals surface area contributed by atoms with Gasteiger partial charge in [0, 0.05) is 26.2 Å². The van der Waals surface area contributed by atoms with E-state index in [1.54, 1.807) is 0 Å². The van der Waals surface area contributed by atoms with Crippen molar-refractivity contribution in [2.45, 2.75) is 6.17 Å². The van der Waals surface area contributed by atoms with Crippen molar-refractivity contribution >= 4 is 5.95 Å². The van der Waals surface area contributed by atoms with Gasteiger partial charge in [-0.25, -0.2) is 15.0 Å². The number of hydrogen-bond donors (Lipinski definition) is 2. The van der Waals surface area contributed by atoms with Crippen LogP contribution in [-0.2, 0) is 0 Å². The van der Waals surface area contributed by atoms with Crippen molar-refractivity contribution in [3.05, 3.63) is 48.5 Å². The molecule has 1 unspecified atom stereocenters. The molecule has 1 aliphatic rings. The lowest BCUT2D eigenvalue weighted by molar-refractivity contribution is 0.190. The number of piperazine rings is 1. The summed E-state index contributed by atoms with van der Waals surface area (Å²) in [5.74, 6) is 0.604. The summed E-state index contributed by atoms with van der Waals surface area (Å²) < 4.78 is 0. The van der Waals surface area contributed by atoms with Crippen LogP contribution < -0.4 is 10.6 Å². The maximum absolute atomic E-state index is 4.16. The van der Waals surface area contributed by atoms with Crippen LogP contribution in [0, 0.1) is 0 Å². The molecular weight excluding hydrogens is 252 g/mol. The van der Waals surface area contributed by atoms with Gasteiger partial charge in [0.2, 0.25) is 5.95 Å². The van der Waals surface area contributed by atoms with E-state index < -0.39 is 0 Å². The van der Waals surface area contributed by atoms with Gasteiger partial charge in [0.05, 0.1) is 0 Å². The van der Waals surface area contributed by atoms with Crippen molar-refractivity contribution in [2.75, 3.05) is 31.5 Å². The predicted molar refractivity (Wildman–Crippen MR) is 77.1 cm³/mol. The molecule has 1 saturated heterocycles. The van der Waals surface area contributed by atoms with Crippen molar-refractivity contribution in [3.63, 3.8) is 0 Å². The highest BCUT2D eigenvalue weighted by Gasteiger charge is 2.22. The van der Waals surface area contributed by atoms with Gasteiger partial charge >= 0.3 is 0 Å². The highest BCUT2D eigenvalue weighted by atomic mass is 15.3. The summed E-state index contributed by atoms with van der Waals surface area (Å²) in [4.78, 5) is 14.6. The number of aromatic nitrogens is 3. The van der Waals surface area contributed by atoms with Crippen LogP contribution in [0.4, 0.5) is 5.95 Å². The van der Waals surface area contributed by atoms with E-state index >= 15 is 0 Å². The van der Waals surface area contributed by atoms with Crippen molar-refractivity contribution in [1.29, 1.82) is 0 Å². The van der Waals surface area contributed by atoms with E-state index in [0.29, 0.717) is 5.95 Å². The molecule has 20 heavy (non-hydrogen) atoms. The lowest BCUT2D eigenvalue weighted by atomic mass is 10.1. The first-order valence-electron chi connectivity index (χ1n) is 6.82. The second-order valence-corrected chi connectivity index (χ2v) is 4.71. The van der Waals surface area contributed by atoms with E-state index in [-0.39, 0.29) is 6.17 Å². The van der Waals surface area contributed by atoms with Crippen LogP contribution in [0.25, 0.3) is 0 Å². The fourth-order valence-electron chi connectivity index (χ4n) is 2.40. The van der Waals surface area contributed by atoms with E-state index in [4.69, 9.17) is 0 Å². The Morgan fingerprint density at radius 2 is 1.75 bits per heavy atom. The Labute approximate surface area is 118 Å². The van der Waals surface area contributed by atoms with Crippen LogP contribution in [0.2, 0.25) is 0 Å². The molecule has 0 amide bonds. The quantitative estimate of drug-likeness (QED) is 0.860. The molecule has 1 fully saturated rings. The number of benzene rings is 1. The highest BCUT2D eigenvalue weighted by Crippen LogP contribution is 2.21. The molecule has 1 aliphatic heterocycles. The Kier molecular flexibility index (Phi) is 4.15. The van der Waals surface area contributed by atoms with E-state index in [9.17, 15) is 0 Å². The zero-order chi connectivity index (χ0) is 13.6. The topological polar surface area (TPSA) is 66.0 Å². The molecule has 2 N–H and O–H groups in total. The zero-order valence-electron chi connectivity index (χ0n) is 11.2. The third-order valence-electron chi connectivity index (χ3n) is 3.39. The summed E-state index contributed by atoms with van der Waals surface area (Å²) in [7, 11) is 0. The molecule has 6 heteroatoms. The number of rotatable bonds is 4. The first-order chi connectivity index (χ1) is 9.93. The van der Waals surface area contributed by atoms with Gasteiger partial charge in [-0.2, -0.15) is 0 Å². The standard InChI is InChI=1S/C14H18N6/c1-2-4-12(5-3-1)13(20-8-6-15-7-9-20)19-14-17-10-16-11-18-14/h1-5,10-11,13,15H,6-9H2,(H,16,17,18,19). The van der Waals surface area contributed by atoms with Crippen LogP contribution in [0.15, 0.2) is 43.0 Å². The van der Waals surface area contributed by atoms with Gasteiger partial charge in [-0.05, 0) is 5.56 Å². The van der Waals surface area contributed by atoms with Crippen LogP contribution in [0.1, 0.15) is 11.7 Å². The maximum Gasteiger partial charge on any atom is 0.227 e. The van der Waals surface area contributed by atoms with Crippen molar-refractivity contribution in [1.82, 2.24) is 25.2 Å². The monoisotopic (exact) mass is 270 g/mol. The molecule has 1 aromatic carbocycles. The molecule has 1 aromatic heterocycles. The Morgan fingerprint density at radius 1 is 1.05 bits per heavy atom. The molecule has 0 bridgehead atoms. The van der Waals surface area contributed by atoms with Crippen molar-refractivity contribution in [3.8, 4) is 0 Å². The zero-order valence-corrected chi connectivity index (χ0v) is 11.2. The largest absolute Gasteiger partial charge is 0.334 e. The average molecular weight is 270 g/mol. The minimum Gasteiger partial charge on any atom is -0.334 e. The first kappa shape index (κ1) is 13.0. The molecular formula is C14H18N6. The molecule has 104 valence electrons. The van der Waals surface area contributed by atoms with Gasteiger partial charge < -0.3 is 10.6 Å². The van der Waals surface area contributed by atoms with Crippen LogP contribution in [0.3, 0.4) is 0 Å². The van der Waals surface area contributed by atoms with Crippen LogP contribution in [-0.4, -0.2) is 46.0 Å². The number of nitrogens with zero attached hydrogens (tertiary/aromatic N) is 4. The summed E-state index contributed by atoms with van der Waals surface area (Å²) in [6, 6.07) is 10.4. The smallest absolute Gasteiger partial charge is 0.227 e. The van der Waals surface area contributed by atoms with Crippen molar-refractivity contribution in [2.24, 2.45) is 0 Å². The molecule has 2 aromatic rings. The number of nitrogens with one attached hydrogen (secondary N) is 2. The minimum absolute atomic E-state index is 0.0840. The van der Waals surface area contributed by atoms with Gasteiger partial charge in [0.25, 0.3) is 0 Å². The third-order valence-corrected chi connectivity index (χ3v) is 3.39. The maximum atomic E-state index is 4.16. The molecule has 0 saturated carbocycles. The molecule has 1 atom stereocenters.